The lowest BCUT2D eigenvalue weighted by molar-refractivity contribution is -0.156. The van der Waals surface area contributed by atoms with Gasteiger partial charge in [0.2, 0.25) is 5.91 Å². The lowest BCUT2D eigenvalue weighted by Gasteiger charge is -2.27. The van der Waals surface area contributed by atoms with E-state index in [9.17, 15) is 9.59 Å². The van der Waals surface area contributed by atoms with Gasteiger partial charge >= 0.3 is 5.97 Å². The minimum Gasteiger partial charge on any atom is -0.465 e. The molecule has 0 aliphatic carbocycles. The van der Waals surface area contributed by atoms with Crippen molar-refractivity contribution < 1.29 is 14.3 Å². The molecule has 1 heterocycles. The fourth-order valence-corrected chi connectivity index (χ4v) is 1.99. The van der Waals surface area contributed by atoms with Crippen LogP contribution in [0.2, 0.25) is 0 Å². The molecule has 0 aromatic carbocycles. The van der Waals surface area contributed by atoms with Gasteiger partial charge in [-0.2, -0.15) is 0 Å². The molecule has 118 valence electrons. The monoisotopic (exact) mass is 296 g/mol. The number of carbonyl (C=O) groups excluding carboxylic acids is 2. The van der Waals surface area contributed by atoms with E-state index >= 15 is 0 Å². The smallest absolute Gasteiger partial charge is 0.319 e. The third-order valence-corrected chi connectivity index (χ3v) is 2.99. The first kappa shape index (κ1) is 17.1. The van der Waals surface area contributed by atoms with E-state index in [0.29, 0.717) is 13.1 Å². The molecule has 0 aliphatic rings. The van der Waals surface area contributed by atoms with Crippen molar-refractivity contribution in [2.75, 3.05) is 13.2 Å². The van der Waals surface area contributed by atoms with Crippen molar-refractivity contribution >= 4 is 11.9 Å². The van der Waals surface area contributed by atoms with Gasteiger partial charge in [0.25, 0.3) is 0 Å². The Balaban J connectivity index is 2.47. The second-order valence-corrected chi connectivity index (χ2v) is 5.86. The van der Waals surface area contributed by atoms with Crippen LogP contribution < -0.4 is 5.32 Å². The standard InChI is InChI=1S/C14H24N4O3/c1-5-21-13(20)11(14(2,3)4)12(19)15-7-6-9-18-10-8-16-17-18/h8,10-11H,5-7,9H2,1-4H3,(H,15,19). The van der Waals surface area contributed by atoms with Crippen molar-refractivity contribution in [2.45, 2.75) is 40.7 Å². The number of ether oxygens (including phenoxy) is 1. The summed E-state index contributed by atoms with van der Waals surface area (Å²) in [5.74, 6) is -1.57. The van der Waals surface area contributed by atoms with Crippen molar-refractivity contribution in [3.8, 4) is 0 Å². The number of nitrogens with one attached hydrogen (secondary N) is 1. The molecule has 1 amide bonds. The van der Waals surface area contributed by atoms with E-state index in [2.05, 4.69) is 15.6 Å². The van der Waals surface area contributed by atoms with E-state index in [-0.39, 0.29) is 12.5 Å². The summed E-state index contributed by atoms with van der Waals surface area (Å²) in [5, 5.41) is 10.3. The fraction of sp³-hybridized carbons (Fsp3) is 0.714. The van der Waals surface area contributed by atoms with Crippen LogP contribution in [-0.4, -0.2) is 40.0 Å². The van der Waals surface area contributed by atoms with Crippen LogP contribution in [0.25, 0.3) is 0 Å². The van der Waals surface area contributed by atoms with Crippen molar-refractivity contribution in [1.82, 2.24) is 20.3 Å². The lowest BCUT2D eigenvalue weighted by Crippen LogP contribution is -2.44. The highest BCUT2D eigenvalue weighted by Gasteiger charge is 2.38. The summed E-state index contributed by atoms with van der Waals surface area (Å²) < 4.78 is 6.69. The van der Waals surface area contributed by atoms with Gasteiger partial charge in [-0.25, -0.2) is 0 Å². The van der Waals surface area contributed by atoms with E-state index in [1.165, 1.54) is 0 Å². The molecule has 0 bridgehead atoms. The number of aryl methyl sites for hydroxylation is 1. The average molecular weight is 296 g/mol. The van der Waals surface area contributed by atoms with Gasteiger partial charge in [-0.05, 0) is 18.8 Å². The largest absolute Gasteiger partial charge is 0.465 e. The molecular weight excluding hydrogens is 272 g/mol. The minimum atomic E-state index is -0.802. The molecule has 0 aliphatic heterocycles. The van der Waals surface area contributed by atoms with Crippen molar-refractivity contribution in [2.24, 2.45) is 11.3 Å². The Bertz CT molecular complexity index is 451. The van der Waals surface area contributed by atoms with Crippen molar-refractivity contribution in [3.05, 3.63) is 12.4 Å². The molecule has 0 saturated carbocycles. The maximum Gasteiger partial charge on any atom is 0.319 e. The highest BCUT2D eigenvalue weighted by atomic mass is 16.5. The van der Waals surface area contributed by atoms with Crippen LogP contribution in [-0.2, 0) is 20.9 Å². The van der Waals surface area contributed by atoms with E-state index in [1.54, 1.807) is 24.0 Å². The SMILES string of the molecule is CCOC(=O)C(C(=O)NCCCn1ccnn1)C(C)(C)C. The summed E-state index contributed by atoms with van der Waals surface area (Å²) in [6.45, 7) is 8.69. The van der Waals surface area contributed by atoms with Gasteiger partial charge in [-0.15, -0.1) is 5.10 Å². The molecule has 1 unspecified atom stereocenters. The Kier molecular flexibility index (Phi) is 6.33. The van der Waals surface area contributed by atoms with E-state index in [0.717, 1.165) is 6.42 Å². The van der Waals surface area contributed by atoms with Gasteiger partial charge in [0.1, 0.15) is 5.92 Å². The normalized spacial score (nSPS) is 12.8. The summed E-state index contributed by atoms with van der Waals surface area (Å²) in [4.78, 5) is 24.2. The Hall–Kier alpha value is -1.92. The number of amides is 1. The molecule has 0 radical (unpaired) electrons. The van der Waals surface area contributed by atoms with Gasteiger partial charge in [-0.1, -0.05) is 26.0 Å². The molecule has 0 spiro atoms. The molecule has 1 rings (SSSR count). The molecule has 7 heteroatoms. The maximum absolute atomic E-state index is 12.2. The van der Waals surface area contributed by atoms with Gasteiger partial charge < -0.3 is 10.1 Å². The fourth-order valence-electron chi connectivity index (χ4n) is 1.99. The van der Waals surface area contributed by atoms with Gasteiger partial charge in [0, 0.05) is 19.3 Å². The first-order chi connectivity index (χ1) is 9.86. The molecule has 1 atom stereocenters. The van der Waals surface area contributed by atoms with Crippen LogP contribution in [0.3, 0.4) is 0 Å². The molecule has 1 aromatic heterocycles. The highest BCUT2D eigenvalue weighted by Crippen LogP contribution is 2.27. The Morgan fingerprint density at radius 1 is 1.38 bits per heavy atom. The van der Waals surface area contributed by atoms with Crippen molar-refractivity contribution in [3.63, 3.8) is 0 Å². The van der Waals surface area contributed by atoms with E-state index < -0.39 is 17.3 Å². The second-order valence-electron chi connectivity index (χ2n) is 5.86. The number of nitrogens with zero attached hydrogens (tertiary/aromatic N) is 3. The molecular formula is C14H24N4O3. The number of rotatable bonds is 7. The first-order valence-corrected chi connectivity index (χ1v) is 7.14. The number of carbonyl (C=O) groups is 2. The summed E-state index contributed by atoms with van der Waals surface area (Å²) in [6.07, 6.45) is 4.09. The van der Waals surface area contributed by atoms with Gasteiger partial charge in [0.05, 0.1) is 12.8 Å². The summed E-state index contributed by atoms with van der Waals surface area (Å²) in [6, 6.07) is 0. The zero-order valence-electron chi connectivity index (χ0n) is 13.1. The lowest BCUT2D eigenvalue weighted by atomic mass is 9.80. The van der Waals surface area contributed by atoms with Crippen LogP contribution in [0.15, 0.2) is 12.4 Å². The quantitative estimate of drug-likeness (QED) is 0.461. The molecule has 0 saturated heterocycles. The predicted octanol–water partition coefficient (Wildman–Crippen LogP) is 1.01. The number of aromatic nitrogens is 3. The third kappa shape index (κ3) is 5.53. The zero-order valence-corrected chi connectivity index (χ0v) is 13.1. The average Bonchev–Trinajstić information content (AvgIpc) is 2.86. The Morgan fingerprint density at radius 3 is 2.62 bits per heavy atom. The maximum atomic E-state index is 12.2. The molecule has 0 fully saturated rings. The van der Waals surface area contributed by atoms with E-state index in [1.807, 2.05) is 20.8 Å². The van der Waals surface area contributed by atoms with Crippen LogP contribution >= 0.6 is 0 Å². The number of hydrogen-bond acceptors (Lipinski definition) is 5. The zero-order chi connectivity index (χ0) is 15.9. The number of hydrogen-bond donors (Lipinski definition) is 1. The molecule has 1 N–H and O–H groups in total. The molecule has 21 heavy (non-hydrogen) atoms. The predicted molar refractivity (Wildman–Crippen MR) is 77.2 cm³/mol. The molecule has 7 nitrogen and oxygen atoms in total. The minimum absolute atomic E-state index is 0.269. The highest BCUT2D eigenvalue weighted by molar-refractivity contribution is 5.98. The summed E-state index contributed by atoms with van der Waals surface area (Å²) >= 11 is 0. The van der Waals surface area contributed by atoms with Gasteiger partial charge in [0.15, 0.2) is 0 Å². The first-order valence-electron chi connectivity index (χ1n) is 7.14. The van der Waals surface area contributed by atoms with Gasteiger partial charge in [-0.3, -0.25) is 14.3 Å². The van der Waals surface area contributed by atoms with Crippen LogP contribution in [0, 0.1) is 11.3 Å². The number of esters is 1. The van der Waals surface area contributed by atoms with Crippen LogP contribution in [0.1, 0.15) is 34.1 Å². The third-order valence-electron chi connectivity index (χ3n) is 2.99. The second kappa shape index (κ2) is 7.75. The Morgan fingerprint density at radius 2 is 2.10 bits per heavy atom. The topological polar surface area (TPSA) is 86.1 Å². The van der Waals surface area contributed by atoms with Crippen LogP contribution in [0.4, 0.5) is 0 Å². The summed E-state index contributed by atoms with van der Waals surface area (Å²) in [7, 11) is 0. The Labute approximate surface area is 125 Å². The summed E-state index contributed by atoms with van der Waals surface area (Å²) in [5.41, 5.74) is -0.484. The molecule has 1 aromatic rings. The van der Waals surface area contributed by atoms with E-state index in [4.69, 9.17) is 4.74 Å². The van der Waals surface area contributed by atoms with Crippen molar-refractivity contribution in [1.29, 1.82) is 0 Å². The van der Waals surface area contributed by atoms with Crippen LogP contribution in [0.5, 0.6) is 0 Å².